The Balaban J connectivity index is 2.04. The van der Waals surface area contributed by atoms with Crippen LogP contribution in [-0.4, -0.2) is 74.7 Å². The van der Waals surface area contributed by atoms with Gasteiger partial charge in [0.2, 0.25) is 15.9 Å². The fourth-order valence-corrected chi connectivity index (χ4v) is 4.54. The first kappa shape index (κ1) is 21.3. The van der Waals surface area contributed by atoms with E-state index in [4.69, 9.17) is 0 Å². The van der Waals surface area contributed by atoms with Gasteiger partial charge < -0.3 is 15.5 Å². The molecule has 1 unspecified atom stereocenters. The van der Waals surface area contributed by atoms with Gasteiger partial charge in [0.15, 0.2) is 0 Å². The van der Waals surface area contributed by atoms with Crippen molar-refractivity contribution in [3.63, 3.8) is 0 Å². The van der Waals surface area contributed by atoms with Crippen molar-refractivity contribution < 1.29 is 18.0 Å². The molecule has 27 heavy (non-hydrogen) atoms. The largest absolute Gasteiger partial charge is 0.343 e. The van der Waals surface area contributed by atoms with Crippen LogP contribution in [0.1, 0.15) is 31.1 Å². The molecule has 1 fully saturated rings. The van der Waals surface area contributed by atoms with Crippen LogP contribution in [0.25, 0.3) is 0 Å². The van der Waals surface area contributed by atoms with Crippen LogP contribution < -0.4 is 10.6 Å². The van der Waals surface area contributed by atoms with Crippen LogP contribution in [0.5, 0.6) is 0 Å². The van der Waals surface area contributed by atoms with Crippen molar-refractivity contribution in [1.82, 2.24) is 19.8 Å². The van der Waals surface area contributed by atoms with E-state index in [0.717, 1.165) is 6.54 Å². The third-order valence-corrected chi connectivity index (χ3v) is 6.61. The van der Waals surface area contributed by atoms with Gasteiger partial charge in [-0.3, -0.25) is 9.59 Å². The molecule has 0 aliphatic carbocycles. The van der Waals surface area contributed by atoms with Crippen molar-refractivity contribution in [2.24, 2.45) is 0 Å². The molecule has 0 saturated carbocycles. The summed E-state index contributed by atoms with van der Waals surface area (Å²) >= 11 is 0. The summed E-state index contributed by atoms with van der Waals surface area (Å²) in [5, 5.41) is 5.84. The first-order chi connectivity index (χ1) is 12.8. The average Bonchev–Trinajstić information content (AvgIpc) is 2.66. The molecule has 1 aromatic carbocycles. The van der Waals surface area contributed by atoms with Gasteiger partial charge in [0.1, 0.15) is 0 Å². The molecule has 8 nitrogen and oxygen atoms in total. The summed E-state index contributed by atoms with van der Waals surface area (Å²) in [6.07, 6.45) is 0. The van der Waals surface area contributed by atoms with Crippen molar-refractivity contribution in [2.45, 2.75) is 31.7 Å². The van der Waals surface area contributed by atoms with E-state index in [-0.39, 0.29) is 29.0 Å². The Bertz CT molecular complexity index is 777. The normalized spacial score (nSPS) is 17.8. The first-order valence-electron chi connectivity index (χ1n) is 9.19. The lowest BCUT2D eigenvalue weighted by molar-refractivity contribution is -0.131. The number of rotatable bonds is 7. The minimum Gasteiger partial charge on any atom is -0.343 e. The standard InChI is InChI=1S/C18H28N4O4S/c1-4-22(5-2)27(25,26)16-8-6-7-15(11-16)18(24)20-12-17(23)21-10-9-19-14(3)13-21/h6-8,11,14,19H,4-5,9-10,12-13H2,1-3H3,(H,20,24). The minimum atomic E-state index is -3.64. The number of amides is 2. The van der Waals surface area contributed by atoms with E-state index in [0.29, 0.717) is 26.2 Å². The topological polar surface area (TPSA) is 98.8 Å². The monoisotopic (exact) mass is 396 g/mol. The average molecular weight is 397 g/mol. The van der Waals surface area contributed by atoms with Gasteiger partial charge in [0.25, 0.3) is 5.91 Å². The van der Waals surface area contributed by atoms with Gasteiger partial charge in [0, 0.05) is 44.3 Å². The van der Waals surface area contributed by atoms with Crippen molar-refractivity contribution in [3.8, 4) is 0 Å². The number of sulfonamides is 1. The maximum atomic E-state index is 12.6. The molecule has 2 amide bonds. The van der Waals surface area contributed by atoms with Crippen LogP contribution >= 0.6 is 0 Å². The molecule has 1 heterocycles. The summed E-state index contributed by atoms with van der Waals surface area (Å²) in [7, 11) is -3.64. The second-order valence-corrected chi connectivity index (χ2v) is 8.43. The van der Waals surface area contributed by atoms with Crippen LogP contribution in [0.4, 0.5) is 0 Å². The van der Waals surface area contributed by atoms with E-state index < -0.39 is 15.9 Å². The predicted octanol–water partition coefficient (Wildman–Crippen LogP) is 0.267. The SMILES string of the molecule is CCN(CC)S(=O)(=O)c1cccc(C(=O)NCC(=O)N2CCNC(C)C2)c1. The minimum absolute atomic E-state index is 0.0705. The van der Waals surface area contributed by atoms with Gasteiger partial charge in [-0.25, -0.2) is 8.42 Å². The zero-order valence-corrected chi connectivity index (χ0v) is 16.9. The number of piperazine rings is 1. The smallest absolute Gasteiger partial charge is 0.251 e. The number of nitrogens with zero attached hydrogens (tertiary/aromatic N) is 2. The molecule has 0 radical (unpaired) electrons. The number of benzene rings is 1. The quantitative estimate of drug-likeness (QED) is 0.689. The summed E-state index contributed by atoms with van der Waals surface area (Å²) in [5.74, 6) is -0.619. The zero-order valence-electron chi connectivity index (χ0n) is 16.1. The Morgan fingerprint density at radius 2 is 2.00 bits per heavy atom. The number of hydrogen-bond donors (Lipinski definition) is 2. The van der Waals surface area contributed by atoms with Crippen molar-refractivity contribution >= 4 is 21.8 Å². The molecule has 0 bridgehead atoms. The molecular weight excluding hydrogens is 368 g/mol. The third-order valence-electron chi connectivity index (χ3n) is 4.56. The number of carbonyl (C=O) groups is 2. The lowest BCUT2D eigenvalue weighted by Gasteiger charge is -2.31. The summed E-state index contributed by atoms with van der Waals surface area (Å²) < 4.78 is 26.5. The molecule has 2 N–H and O–H groups in total. The maximum absolute atomic E-state index is 12.6. The Hall–Kier alpha value is -1.97. The zero-order chi connectivity index (χ0) is 20.0. The first-order valence-corrected chi connectivity index (χ1v) is 10.6. The van der Waals surface area contributed by atoms with Crippen LogP contribution in [0.2, 0.25) is 0 Å². The van der Waals surface area contributed by atoms with Gasteiger partial charge in [-0.05, 0) is 25.1 Å². The van der Waals surface area contributed by atoms with Crippen LogP contribution in [0, 0.1) is 0 Å². The van der Waals surface area contributed by atoms with Gasteiger partial charge in [-0.15, -0.1) is 0 Å². The lowest BCUT2D eigenvalue weighted by Crippen LogP contribution is -2.53. The molecular formula is C18H28N4O4S. The van der Waals surface area contributed by atoms with Crippen LogP contribution in [0.15, 0.2) is 29.2 Å². The van der Waals surface area contributed by atoms with Gasteiger partial charge in [-0.1, -0.05) is 19.9 Å². The number of carbonyl (C=O) groups excluding carboxylic acids is 2. The molecule has 9 heteroatoms. The summed E-state index contributed by atoms with van der Waals surface area (Å²) in [4.78, 5) is 26.4. The molecule has 0 aromatic heterocycles. The number of nitrogens with one attached hydrogen (secondary N) is 2. The fraction of sp³-hybridized carbons (Fsp3) is 0.556. The molecule has 0 spiro atoms. The Kier molecular flexibility index (Phi) is 7.34. The van der Waals surface area contributed by atoms with Gasteiger partial charge in [0.05, 0.1) is 11.4 Å². The van der Waals surface area contributed by atoms with Crippen molar-refractivity contribution in [2.75, 3.05) is 39.3 Å². The fourth-order valence-electron chi connectivity index (χ4n) is 3.04. The maximum Gasteiger partial charge on any atom is 0.251 e. The molecule has 2 rings (SSSR count). The van der Waals surface area contributed by atoms with Gasteiger partial charge in [-0.2, -0.15) is 4.31 Å². The second-order valence-electron chi connectivity index (χ2n) is 6.49. The second kappa shape index (κ2) is 9.29. The highest BCUT2D eigenvalue weighted by atomic mass is 32.2. The predicted molar refractivity (Wildman–Crippen MR) is 103 cm³/mol. The molecule has 1 aliphatic heterocycles. The van der Waals surface area contributed by atoms with E-state index in [1.807, 2.05) is 6.92 Å². The highest BCUT2D eigenvalue weighted by Gasteiger charge is 2.23. The summed E-state index contributed by atoms with van der Waals surface area (Å²) in [6, 6.07) is 6.11. The van der Waals surface area contributed by atoms with Gasteiger partial charge >= 0.3 is 0 Å². The van der Waals surface area contributed by atoms with E-state index in [9.17, 15) is 18.0 Å². The van der Waals surface area contributed by atoms with Crippen LogP contribution in [-0.2, 0) is 14.8 Å². The highest BCUT2D eigenvalue weighted by Crippen LogP contribution is 2.17. The molecule has 1 aliphatic rings. The summed E-state index contributed by atoms with van der Waals surface area (Å²) in [6.45, 7) is 8.06. The Labute approximate surface area is 161 Å². The Morgan fingerprint density at radius 1 is 1.30 bits per heavy atom. The molecule has 1 aromatic rings. The highest BCUT2D eigenvalue weighted by molar-refractivity contribution is 7.89. The van der Waals surface area contributed by atoms with E-state index in [2.05, 4.69) is 10.6 Å². The van der Waals surface area contributed by atoms with Crippen molar-refractivity contribution in [1.29, 1.82) is 0 Å². The van der Waals surface area contributed by atoms with Crippen LogP contribution in [0.3, 0.4) is 0 Å². The van der Waals surface area contributed by atoms with Crippen molar-refractivity contribution in [3.05, 3.63) is 29.8 Å². The lowest BCUT2D eigenvalue weighted by atomic mass is 10.2. The molecule has 150 valence electrons. The molecule has 1 saturated heterocycles. The third kappa shape index (κ3) is 5.27. The Morgan fingerprint density at radius 3 is 2.63 bits per heavy atom. The van der Waals surface area contributed by atoms with E-state index in [1.165, 1.54) is 28.6 Å². The number of hydrogen-bond acceptors (Lipinski definition) is 5. The van der Waals surface area contributed by atoms with E-state index in [1.54, 1.807) is 18.7 Å². The van der Waals surface area contributed by atoms with E-state index >= 15 is 0 Å². The molecule has 1 atom stereocenters. The summed E-state index contributed by atoms with van der Waals surface area (Å²) in [5.41, 5.74) is 0.213.